The number of amides is 1. The van der Waals surface area contributed by atoms with Crippen molar-refractivity contribution in [2.24, 2.45) is 5.92 Å². The van der Waals surface area contributed by atoms with Gasteiger partial charge in [-0.1, -0.05) is 12.1 Å². The van der Waals surface area contributed by atoms with Crippen LogP contribution in [0.3, 0.4) is 0 Å². The lowest BCUT2D eigenvalue weighted by Crippen LogP contribution is -2.43. The fourth-order valence-electron chi connectivity index (χ4n) is 3.64. The van der Waals surface area contributed by atoms with Crippen molar-refractivity contribution in [3.8, 4) is 0 Å². The summed E-state index contributed by atoms with van der Waals surface area (Å²) in [6.45, 7) is 2.19. The predicted molar refractivity (Wildman–Crippen MR) is 118 cm³/mol. The van der Waals surface area contributed by atoms with E-state index in [0.717, 1.165) is 29.5 Å². The van der Waals surface area contributed by atoms with Gasteiger partial charge < -0.3 is 11.1 Å². The molecule has 0 aliphatic heterocycles. The van der Waals surface area contributed by atoms with Crippen molar-refractivity contribution < 1.29 is 18.0 Å². The molecule has 3 N–H and O–H groups in total. The van der Waals surface area contributed by atoms with Crippen LogP contribution in [0.15, 0.2) is 46.2 Å². The smallest absolute Gasteiger partial charge is 0.383 e. The molecule has 0 saturated heterocycles. The van der Waals surface area contributed by atoms with Crippen LogP contribution in [0.5, 0.6) is 0 Å². The van der Waals surface area contributed by atoms with Gasteiger partial charge in [0, 0.05) is 19.3 Å². The Morgan fingerprint density at radius 1 is 1.24 bits per heavy atom. The van der Waals surface area contributed by atoms with Gasteiger partial charge in [-0.3, -0.25) is 23.4 Å². The first-order valence-corrected chi connectivity index (χ1v) is 10.7. The summed E-state index contributed by atoms with van der Waals surface area (Å²) in [5, 5.41) is 6.51. The molecule has 1 fully saturated rings. The van der Waals surface area contributed by atoms with E-state index in [1.165, 1.54) is 33.8 Å². The topological polar surface area (TPSA) is 117 Å². The minimum absolute atomic E-state index is 0.00818. The van der Waals surface area contributed by atoms with Crippen LogP contribution in [-0.2, 0) is 25.8 Å². The highest BCUT2D eigenvalue weighted by atomic mass is 19.4. The zero-order chi connectivity index (χ0) is 24.6. The average Bonchev–Trinajstić information content (AvgIpc) is 3.49. The third-order valence-corrected chi connectivity index (χ3v) is 5.65. The number of hydrogen-bond donors (Lipinski definition) is 2. The van der Waals surface area contributed by atoms with Gasteiger partial charge in [0.15, 0.2) is 0 Å². The number of aromatic nitrogens is 4. The van der Waals surface area contributed by atoms with Crippen molar-refractivity contribution in [2.75, 3.05) is 11.1 Å². The van der Waals surface area contributed by atoms with E-state index in [1.54, 1.807) is 6.92 Å². The second-order valence-electron chi connectivity index (χ2n) is 8.23. The number of rotatable bonds is 7. The normalized spacial score (nSPS) is 13.8. The first-order chi connectivity index (χ1) is 16.1. The average molecular weight is 476 g/mol. The minimum atomic E-state index is -4.47. The number of halogens is 3. The standard InChI is InChI=1S/C22H23F3N6O3/c1-2-30-18(26)17(20(33)31(21(30)34)11-13-6-7-13)28-19(32)15-9-27-29(12-15)10-14-4-3-5-16(8-14)22(23,24)25/h3-5,8-9,12-13H,2,6-7,10-11,26H2,1H3,(H,28,32). The maximum Gasteiger partial charge on any atom is 0.416 e. The van der Waals surface area contributed by atoms with Gasteiger partial charge in [-0.05, 0) is 43.4 Å². The SMILES string of the molecule is CCn1c(N)c(NC(=O)c2cnn(Cc3cccc(C(F)(F)F)c3)c2)c(=O)n(CC2CC2)c1=O. The Hall–Kier alpha value is -3.83. The Balaban J connectivity index is 1.57. The summed E-state index contributed by atoms with van der Waals surface area (Å²) in [5.74, 6) is -0.579. The lowest BCUT2D eigenvalue weighted by molar-refractivity contribution is -0.137. The molecule has 12 heteroatoms. The second-order valence-corrected chi connectivity index (χ2v) is 8.23. The van der Waals surface area contributed by atoms with Gasteiger partial charge in [-0.15, -0.1) is 0 Å². The molecule has 0 unspecified atom stereocenters. The number of benzene rings is 1. The molecular weight excluding hydrogens is 453 g/mol. The quantitative estimate of drug-likeness (QED) is 0.544. The molecule has 1 aromatic carbocycles. The number of anilines is 2. The summed E-state index contributed by atoms with van der Waals surface area (Å²) in [6, 6.07) is 4.81. The molecule has 1 aliphatic rings. The van der Waals surface area contributed by atoms with E-state index < -0.39 is 28.9 Å². The number of nitrogens with zero attached hydrogens (tertiary/aromatic N) is 4. The van der Waals surface area contributed by atoms with Gasteiger partial charge in [0.1, 0.15) is 11.5 Å². The molecule has 0 atom stereocenters. The summed E-state index contributed by atoms with van der Waals surface area (Å²) in [7, 11) is 0. The highest BCUT2D eigenvalue weighted by molar-refractivity contribution is 6.05. The molecule has 0 radical (unpaired) electrons. The Bertz CT molecular complexity index is 1350. The van der Waals surface area contributed by atoms with Crippen LogP contribution >= 0.6 is 0 Å². The molecule has 1 aliphatic carbocycles. The summed E-state index contributed by atoms with van der Waals surface area (Å²) in [5.41, 5.74) is 4.27. The molecule has 1 amide bonds. The molecule has 34 heavy (non-hydrogen) atoms. The van der Waals surface area contributed by atoms with Crippen LogP contribution in [0.2, 0.25) is 0 Å². The highest BCUT2D eigenvalue weighted by Gasteiger charge is 2.30. The zero-order valence-electron chi connectivity index (χ0n) is 18.3. The number of carbonyl (C=O) groups is 1. The van der Waals surface area contributed by atoms with E-state index in [-0.39, 0.29) is 42.6 Å². The highest BCUT2D eigenvalue weighted by Crippen LogP contribution is 2.30. The van der Waals surface area contributed by atoms with E-state index in [9.17, 15) is 27.6 Å². The number of nitrogen functional groups attached to an aromatic ring is 1. The van der Waals surface area contributed by atoms with Gasteiger partial charge >= 0.3 is 11.9 Å². The summed E-state index contributed by atoms with van der Waals surface area (Å²) < 4.78 is 42.4. The van der Waals surface area contributed by atoms with Crippen LogP contribution in [0.1, 0.15) is 41.3 Å². The molecular formula is C22H23F3N6O3. The molecule has 3 aromatic rings. The first kappa shape index (κ1) is 23.3. The van der Waals surface area contributed by atoms with Crippen molar-refractivity contribution >= 4 is 17.4 Å². The Kier molecular flexibility index (Phi) is 6.07. The third-order valence-electron chi connectivity index (χ3n) is 5.65. The molecule has 1 saturated carbocycles. The van der Waals surface area contributed by atoms with Crippen LogP contribution in [0.4, 0.5) is 24.7 Å². The van der Waals surface area contributed by atoms with Gasteiger partial charge in [0.05, 0.1) is 23.9 Å². The number of hydrogen-bond acceptors (Lipinski definition) is 5. The minimum Gasteiger partial charge on any atom is -0.383 e. The molecule has 2 heterocycles. The maximum absolute atomic E-state index is 12.9. The van der Waals surface area contributed by atoms with E-state index in [4.69, 9.17) is 5.73 Å². The fraction of sp³-hybridized carbons (Fsp3) is 0.364. The Morgan fingerprint density at radius 3 is 2.62 bits per heavy atom. The second kappa shape index (κ2) is 8.84. The molecule has 0 bridgehead atoms. The lowest BCUT2D eigenvalue weighted by Gasteiger charge is -2.15. The van der Waals surface area contributed by atoms with Crippen molar-refractivity contribution in [3.05, 3.63) is 74.2 Å². The van der Waals surface area contributed by atoms with E-state index in [2.05, 4.69) is 10.4 Å². The van der Waals surface area contributed by atoms with Gasteiger partial charge in [-0.2, -0.15) is 18.3 Å². The fourth-order valence-corrected chi connectivity index (χ4v) is 3.64. The van der Waals surface area contributed by atoms with Crippen LogP contribution in [0, 0.1) is 5.92 Å². The zero-order valence-corrected chi connectivity index (χ0v) is 18.3. The summed E-state index contributed by atoms with van der Waals surface area (Å²) >= 11 is 0. The van der Waals surface area contributed by atoms with Crippen molar-refractivity contribution in [2.45, 2.75) is 45.6 Å². The van der Waals surface area contributed by atoms with E-state index in [1.807, 2.05) is 0 Å². The number of nitrogens with one attached hydrogen (secondary N) is 1. The van der Waals surface area contributed by atoms with Crippen LogP contribution < -0.4 is 22.3 Å². The summed E-state index contributed by atoms with van der Waals surface area (Å²) in [4.78, 5) is 38.3. The van der Waals surface area contributed by atoms with Gasteiger partial charge in [-0.25, -0.2) is 4.79 Å². The first-order valence-electron chi connectivity index (χ1n) is 10.7. The number of alkyl halides is 3. The lowest BCUT2D eigenvalue weighted by atomic mass is 10.1. The predicted octanol–water partition coefficient (Wildman–Crippen LogP) is 2.54. The van der Waals surface area contributed by atoms with Gasteiger partial charge in [0.2, 0.25) is 0 Å². The Labute approximate surface area is 191 Å². The van der Waals surface area contributed by atoms with Crippen molar-refractivity contribution in [3.63, 3.8) is 0 Å². The third kappa shape index (κ3) is 4.75. The maximum atomic E-state index is 12.9. The molecule has 9 nitrogen and oxygen atoms in total. The molecule has 180 valence electrons. The molecule has 4 rings (SSSR count). The van der Waals surface area contributed by atoms with Gasteiger partial charge in [0.25, 0.3) is 11.5 Å². The van der Waals surface area contributed by atoms with E-state index in [0.29, 0.717) is 5.56 Å². The summed E-state index contributed by atoms with van der Waals surface area (Å²) in [6.07, 6.45) is -0.0289. The molecule has 0 spiro atoms. The number of nitrogens with two attached hydrogens (primary N) is 1. The molecule has 2 aromatic heterocycles. The van der Waals surface area contributed by atoms with Crippen molar-refractivity contribution in [1.82, 2.24) is 18.9 Å². The monoisotopic (exact) mass is 476 g/mol. The van der Waals surface area contributed by atoms with Crippen LogP contribution in [-0.4, -0.2) is 24.8 Å². The van der Waals surface area contributed by atoms with Crippen LogP contribution in [0.25, 0.3) is 0 Å². The Morgan fingerprint density at radius 2 is 1.97 bits per heavy atom. The largest absolute Gasteiger partial charge is 0.416 e. The number of carbonyl (C=O) groups excluding carboxylic acids is 1. The van der Waals surface area contributed by atoms with E-state index >= 15 is 0 Å². The van der Waals surface area contributed by atoms with Crippen molar-refractivity contribution in [1.29, 1.82) is 0 Å².